The third kappa shape index (κ3) is 1.80. The molecule has 3 rings (SSSR count). The number of phenolic OH excluding ortho intramolecular Hbond substituents is 1. The number of aromatic hydroxyl groups is 1. The number of rotatable bonds is 2. The Morgan fingerprint density at radius 3 is 2.47 bits per heavy atom. The molecule has 1 saturated carbocycles. The summed E-state index contributed by atoms with van der Waals surface area (Å²) in [5, 5.41) is 19.9. The highest BCUT2D eigenvalue weighted by Crippen LogP contribution is 2.50. The minimum absolute atomic E-state index is 0.141. The van der Waals surface area contributed by atoms with Gasteiger partial charge in [0, 0.05) is 5.56 Å². The molecule has 102 valence electrons. The Morgan fingerprint density at radius 1 is 1.21 bits per heavy atom. The smallest absolute Gasteiger partial charge is 0.314 e. The van der Waals surface area contributed by atoms with E-state index in [0.29, 0.717) is 22.9 Å². The summed E-state index contributed by atoms with van der Waals surface area (Å²) in [6, 6.07) is 1.95. The number of halogens is 1. The van der Waals surface area contributed by atoms with E-state index in [0.717, 1.165) is 37.7 Å². The summed E-state index contributed by atoms with van der Waals surface area (Å²) in [5.74, 6) is -0.667. The molecule has 3 nitrogen and oxygen atoms in total. The fourth-order valence-electron chi connectivity index (χ4n) is 3.34. The molecule has 0 heterocycles. The van der Waals surface area contributed by atoms with Crippen molar-refractivity contribution in [3.8, 4) is 5.75 Å². The molecule has 1 aromatic rings. The Hall–Kier alpha value is -1.03. The van der Waals surface area contributed by atoms with Crippen LogP contribution in [-0.2, 0) is 23.1 Å². The zero-order chi connectivity index (χ0) is 13.6. The summed E-state index contributed by atoms with van der Waals surface area (Å²) in [5.41, 5.74) is 2.11. The Kier molecular flexibility index (Phi) is 3.08. The van der Waals surface area contributed by atoms with Crippen LogP contribution in [0.3, 0.4) is 0 Å². The molecule has 19 heavy (non-hydrogen) atoms. The molecule has 2 aliphatic rings. The second-order valence-corrected chi connectivity index (χ2v) is 6.47. The van der Waals surface area contributed by atoms with E-state index in [1.165, 1.54) is 5.56 Å². The van der Waals surface area contributed by atoms with Crippen molar-refractivity contribution in [1.29, 1.82) is 0 Å². The van der Waals surface area contributed by atoms with E-state index < -0.39 is 11.4 Å². The monoisotopic (exact) mass is 324 g/mol. The van der Waals surface area contributed by atoms with Crippen LogP contribution < -0.4 is 0 Å². The minimum Gasteiger partial charge on any atom is -0.506 e. The lowest BCUT2D eigenvalue weighted by Gasteiger charge is -2.39. The van der Waals surface area contributed by atoms with Crippen molar-refractivity contribution in [2.24, 2.45) is 0 Å². The number of hydrogen-bond donors (Lipinski definition) is 2. The largest absolute Gasteiger partial charge is 0.506 e. The predicted molar refractivity (Wildman–Crippen MR) is 75.6 cm³/mol. The number of carbonyl (C=O) groups is 1. The molecule has 0 bridgehead atoms. The van der Waals surface area contributed by atoms with Gasteiger partial charge in [-0.15, -0.1) is 0 Å². The van der Waals surface area contributed by atoms with Crippen LogP contribution in [0, 0.1) is 0 Å². The van der Waals surface area contributed by atoms with Gasteiger partial charge in [-0.1, -0.05) is 12.5 Å². The van der Waals surface area contributed by atoms with Crippen LogP contribution >= 0.6 is 15.9 Å². The lowest BCUT2D eigenvalue weighted by Crippen LogP contribution is -2.42. The Labute approximate surface area is 120 Å². The quantitative estimate of drug-likeness (QED) is 0.874. The van der Waals surface area contributed by atoms with Gasteiger partial charge in [-0.05, 0) is 65.6 Å². The lowest BCUT2D eigenvalue weighted by molar-refractivity contribution is -0.147. The molecule has 0 atom stereocenters. The van der Waals surface area contributed by atoms with E-state index in [1.807, 2.05) is 6.07 Å². The number of phenols is 1. The van der Waals surface area contributed by atoms with Crippen molar-refractivity contribution in [1.82, 2.24) is 0 Å². The average molecular weight is 325 g/mol. The number of carboxylic acids is 1. The standard InChI is InChI=1S/C15H17BrO3/c16-12-10-5-2-1-4-9(10)8-11(13(12)17)15(14(18)19)6-3-7-15/h8,17H,1-7H2,(H,18,19). The van der Waals surface area contributed by atoms with Crippen molar-refractivity contribution in [2.75, 3.05) is 0 Å². The van der Waals surface area contributed by atoms with E-state index >= 15 is 0 Å². The SMILES string of the molecule is O=C(O)C1(c2cc3c(c(Br)c2O)CCCC3)CCC1. The topological polar surface area (TPSA) is 57.5 Å². The predicted octanol–water partition coefficient (Wildman–Crippen LogP) is 3.54. The van der Waals surface area contributed by atoms with Crippen LogP contribution in [0.25, 0.3) is 0 Å². The number of benzene rings is 1. The second kappa shape index (κ2) is 4.51. The maximum Gasteiger partial charge on any atom is 0.314 e. The molecule has 4 heteroatoms. The van der Waals surface area contributed by atoms with Gasteiger partial charge in [-0.2, -0.15) is 0 Å². The van der Waals surface area contributed by atoms with Crippen LogP contribution in [-0.4, -0.2) is 16.2 Å². The van der Waals surface area contributed by atoms with E-state index in [4.69, 9.17) is 0 Å². The fourth-order valence-corrected chi connectivity index (χ4v) is 4.00. The van der Waals surface area contributed by atoms with Crippen molar-refractivity contribution in [3.63, 3.8) is 0 Å². The highest BCUT2D eigenvalue weighted by atomic mass is 79.9. The van der Waals surface area contributed by atoms with Crippen LogP contribution in [0.2, 0.25) is 0 Å². The van der Waals surface area contributed by atoms with Gasteiger partial charge < -0.3 is 10.2 Å². The highest BCUT2D eigenvalue weighted by molar-refractivity contribution is 9.10. The second-order valence-electron chi connectivity index (χ2n) is 5.67. The number of fused-ring (bicyclic) bond motifs is 1. The first-order chi connectivity index (χ1) is 9.06. The molecule has 1 aromatic carbocycles. The first kappa shape index (κ1) is 13.0. The third-order valence-electron chi connectivity index (χ3n) is 4.69. The van der Waals surface area contributed by atoms with Gasteiger partial charge in [0.05, 0.1) is 9.89 Å². The van der Waals surface area contributed by atoms with Gasteiger partial charge in [0.15, 0.2) is 0 Å². The summed E-state index contributed by atoms with van der Waals surface area (Å²) < 4.78 is 0.715. The maximum atomic E-state index is 11.6. The summed E-state index contributed by atoms with van der Waals surface area (Å²) >= 11 is 3.47. The van der Waals surface area contributed by atoms with Crippen molar-refractivity contribution in [3.05, 3.63) is 27.2 Å². The zero-order valence-electron chi connectivity index (χ0n) is 10.7. The molecule has 0 spiro atoms. The molecule has 0 radical (unpaired) electrons. The minimum atomic E-state index is -0.862. The number of aryl methyl sites for hydroxylation is 1. The van der Waals surface area contributed by atoms with Crippen molar-refractivity contribution in [2.45, 2.75) is 50.4 Å². The van der Waals surface area contributed by atoms with Gasteiger partial charge in [-0.3, -0.25) is 4.79 Å². The van der Waals surface area contributed by atoms with Gasteiger partial charge in [-0.25, -0.2) is 0 Å². The number of hydrogen-bond acceptors (Lipinski definition) is 2. The maximum absolute atomic E-state index is 11.6. The van der Waals surface area contributed by atoms with Gasteiger partial charge in [0.1, 0.15) is 5.75 Å². The number of aliphatic carboxylic acids is 1. The highest BCUT2D eigenvalue weighted by Gasteiger charge is 2.48. The first-order valence-electron chi connectivity index (χ1n) is 6.83. The zero-order valence-corrected chi connectivity index (χ0v) is 12.3. The fraction of sp³-hybridized carbons (Fsp3) is 0.533. The van der Waals surface area contributed by atoms with Gasteiger partial charge in [0.2, 0.25) is 0 Å². The Bertz CT molecular complexity index is 547. The summed E-state index contributed by atoms with van der Waals surface area (Å²) in [4.78, 5) is 11.6. The molecule has 1 fully saturated rings. The molecule has 2 N–H and O–H groups in total. The Balaban J connectivity index is 2.17. The third-order valence-corrected chi connectivity index (χ3v) is 5.54. The Morgan fingerprint density at radius 2 is 1.89 bits per heavy atom. The summed E-state index contributed by atoms with van der Waals surface area (Å²) in [7, 11) is 0. The van der Waals surface area contributed by atoms with Crippen molar-refractivity contribution >= 4 is 21.9 Å². The van der Waals surface area contributed by atoms with E-state index in [2.05, 4.69) is 15.9 Å². The van der Waals surface area contributed by atoms with E-state index in [1.54, 1.807) is 0 Å². The average Bonchev–Trinajstić information content (AvgIpc) is 2.33. The lowest BCUT2D eigenvalue weighted by atomic mass is 9.63. The van der Waals surface area contributed by atoms with E-state index in [-0.39, 0.29) is 5.75 Å². The van der Waals surface area contributed by atoms with Crippen LogP contribution in [0.4, 0.5) is 0 Å². The summed E-state index contributed by atoms with van der Waals surface area (Å²) in [6.07, 6.45) is 6.39. The molecular formula is C15H17BrO3. The molecule has 0 saturated heterocycles. The molecule has 0 unspecified atom stereocenters. The van der Waals surface area contributed by atoms with E-state index in [9.17, 15) is 15.0 Å². The molecule has 2 aliphatic carbocycles. The first-order valence-corrected chi connectivity index (χ1v) is 7.62. The molecular weight excluding hydrogens is 308 g/mol. The molecule has 0 aromatic heterocycles. The van der Waals surface area contributed by atoms with Crippen LogP contribution in [0.1, 0.15) is 48.8 Å². The van der Waals surface area contributed by atoms with Gasteiger partial charge >= 0.3 is 5.97 Å². The normalized spacial score (nSPS) is 20.5. The van der Waals surface area contributed by atoms with Crippen molar-refractivity contribution < 1.29 is 15.0 Å². The van der Waals surface area contributed by atoms with Crippen LogP contribution in [0.5, 0.6) is 5.75 Å². The summed E-state index contributed by atoms with van der Waals surface area (Å²) in [6.45, 7) is 0. The van der Waals surface area contributed by atoms with Gasteiger partial charge in [0.25, 0.3) is 0 Å². The molecule has 0 aliphatic heterocycles. The number of carboxylic acid groups (broad SMARTS) is 1. The molecule has 0 amide bonds. The van der Waals surface area contributed by atoms with Crippen LogP contribution in [0.15, 0.2) is 10.5 Å².